The fourth-order valence-corrected chi connectivity index (χ4v) is 3.29. The Bertz CT molecular complexity index is 175. The molecule has 0 bridgehead atoms. The SMILES string of the molecule is CCO[C@H]1C[C@H](NC)C12CCCC2. The highest BCUT2D eigenvalue weighted by Gasteiger charge is 2.55. The van der Waals surface area contributed by atoms with E-state index in [1.807, 2.05) is 0 Å². The molecule has 0 radical (unpaired) electrons. The van der Waals surface area contributed by atoms with Gasteiger partial charge in [0.2, 0.25) is 0 Å². The maximum absolute atomic E-state index is 5.81. The second kappa shape index (κ2) is 3.58. The van der Waals surface area contributed by atoms with Crippen LogP contribution in [0.5, 0.6) is 0 Å². The zero-order valence-corrected chi connectivity index (χ0v) is 8.81. The standard InChI is InChI=1S/C11H21NO/c1-3-13-10-8-9(12-2)11(10)6-4-5-7-11/h9-10,12H,3-8H2,1-2H3/t9-,10-/m0/s1. The molecule has 0 unspecified atom stereocenters. The van der Waals surface area contributed by atoms with E-state index < -0.39 is 0 Å². The molecule has 0 heterocycles. The summed E-state index contributed by atoms with van der Waals surface area (Å²) >= 11 is 0. The third-order valence-electron chi connectivity index (χ3n) is 4.04. The number of hydrogen-bond donors (Lipinski definition) is 1. The van der Waals surface area contributed by atoms with Crippen LogP contribution in [0.3, 0.4) is 0 Å². The number of nitrogens with one attached hydrogen (secondary N) is 1. The van der Waals surface area contributed by atoms with Crippen molar-refractivity contribution >= 4 is 0 Å². The Morgan fingerprint density at radius 2 is 2.08 bits per heavy atom. The Morgan fingerprint density at radius 3 is 2.62 bits per heavy atom. The molecule has 2 heteroatoms. The highest BCUT2D eigenvalue weighted by molar-refractivity contribution is 5.09. The van der Waals surface area contributed by atoms with Crippen LogP contribution in [0.15, 0.2) is 0 Å². The Labute approximate surface area is 81.0 Å². The monoisotopic (exact) mass is 183 g/mol. The molecule has 2 atom stereocenters. The molecule has 2 rings (SSSR count). The van der Waals surface area contributed by atoms with Gasteiger partial charge in [0.05, 0.1) is 6.10 Å². The van der Waals surface area contributed by atoms with E-state index in [2.05, 4.69) is 19.3 Å². The van der Waals surface area contributed by atoms with Gasteiger partial charge < -0.3 is 10.1 Å². The van der Waals surface area contributed by atoms with Crippen molar-refractivity contribution in [3.63, 3.8) is 0 Å². The Morgan fingerprint density at radius 1 is 1.38 bits per heavy atom. The zero-order valence-electron chi connectivity index (χ0n) is 8.81. The van der Waals surface area contributed by atoms with Crippen molar-refractivity contribution in [3.05, 3.63) is 0 Å². The lowest BCUT2D eigenvalue weighted by Crippen LogP contribution is -2.61. The van der Waals surface area contributed by atoms with Crippen LogP contribution in [0, 0.1) is 5.41 Å². The summed E-state index contributed by atoms with van der Waals surface area (Å²) in [7, 11) is 2.09. The molecule has 2 aliphatic rings. The van der Waals surface area contributed by atoms with Gasteiger partial charge in [0.15, 0.2) is 0 Å². The molecule has 0 aliphatic heterocycles. The minimum absolute atomic E-state index is 0.519. The van der Waals surface area contributed by atoms with Crippen molar-refractivity contribution in [3.8, 4) is 0 Å². The quantitative estimate of drug-likeness (QED) is 0.722. The summed E-state index contributed by atoms with van der Waals surface area (Å²) in [5, 5.41) is 3.44. The van der Waals surface area contributed by atoms with E-state index in [4.69, 9.17) is 4.74 Å². The van der Waals surface area contributed by atoms with Crippen molar-refractivity contribution in [2.45, 2.75) is 51.2 Å². The molecule has 2 saturated carbocycles. The molecular weight excluding hydrogens is 162 g/mol. The number of ether oxygens (including phenoxy) is 1. The van der Waals surface area contributed by atoms with Crippen molar-refractivity contribution in [2.24, 2.45) is 5.41 Å². The maximum atomic E-state index is 5.81. The molecule has 1 N–H and O–H groups in total. The summed E-state index contributed by atoms with van der Waals surface area (Å²) in [6.07, 6.45) is 7.35. The van der Waals surface area contributed by atoms with Gasteiger partial charge in [-0.25, -0.2) is 0 Å². The predicted molar refractivity (Wildman–Crippen MR) is 53.8 cm³/mol. The summed E-state index contributed by atoms with van der Waals surface area (Å²) in [6.45, 7) is 2.98. The largest absolute Gasteiger partial charge is 0.378 e. The molecular formula is C11H21NO. The molecule has 0 amide bonds. The van der Waals surface area contributed by atoms with Gasteiger partial charge >= 0.3 is 0 Å². The summed E-state index contributed by atoms with van der Waals surface area (Å²) in [4.78, 5) is 0. The summed E-state index contributed by atoms with van der Waals surface area (Å²) in [5.41, 5.74) is 0.519. The van der Waals surface area contributed by atoms with Gasteiger partial charge in [-0.3, -0.25) is 0 Å². The highest BCUT2D eigenvalue weighted by Crippen LogP contribution is 2.54. The molecule has 1 spiro atoms. The topological polar surface area (TPSA) is 21.3 Å². The molecule has 0 aromatic heterocycles. The van der Waals surface area contributed by atoms with Crippen molar-refractivity contribution in [1.29, 1.82) is 0 Å². The molecule has 2 aliphatic carbocycles. The molecule has 0 saturated heterocycles. The van der Waals surface area contributed by atoms with Gasteiger partial charge in [-0.1, -0.05) is 12.8 Å². The maximum Gasteiger partial charge on any atom is 0.0661 e. The molecule has 0 aromatic carbocycles. The van der Waals surface area contributed by atoms with Crippen molar-refractivity contribution in [1.82, 2.24) is 5.32 Å². The first-order valence-corrected chi connectivity index (χ1v) is 5.62. The smallest absolute Gasteiger partial charge is 0.0661 e. The lowest BCUT2D eigenvalue weighted by atomic mass is 9.60. The van der Waals surface area contributed by atoms with Crippen molar-refractivity contribution < 1.29 is 4.74 Å². The van der Waals surface area contributed by atoms with Crippen LogP contribution in [-0.4, -0.2) is 25.8 Å². The van der Waals surface area contributed by atoms with E-state index in [-0.39, 0.29) is 0 Å². The van der Waals surface area contributed by atoms with Gasteiger partial charge in [0.1, 0.15) is 0 Å². The predicted octanol–water partition coefficient (Wildman–Crippen LogP) is 1.94. The Kier molecular flexibility index (Phi) is 2.61. The van der Waals surface area contributed by atoms with E-state index in [0.29, 0.717) is 11.5 Å². The minimum Gasteiger partial charge on any atom is -0.378 e. The van der Waals surface area contributed by atoms with Gasteiger partial charge in [0, 0.05) is 18.1 Å². The molecule has 76 valence electrons. The summed E-state index contributed by atoms with van der Waals surface area (Å²) in [5.74, 6) is 0. The third kappa shape index (κ3) is 1.31. The zero-order chi connectivity index (χ0) is 9.31. The van der Waals surface area contributed by atoms with E-state index >= 15 is 0 Å². The average Bonchev–Trinajstić information content (AvgIpc) is 2.62. The van der Waals surface area contributed by atoms with Crippen LogP contribution in [0.4, 0.5) is 0 Å². The van der Waals surface area contributed by atoms with Crippen LogP contribution < -0.4 is 5.32 Å². The van der Waals surface area contributed by atoms with Crippen LogP contribution in [0.25, 0.3) is 0 Å². The third-order valence-corrected chi connectivity index (χ3v) is 4.04. The normalized spacial score (nSPS) is 36.5. The first kappa shape index (κ1) is 9.47. The van der Waals surface area contributed by atoms with Gasteiger partial charge in [-0.15, -0.1) is 0 Å². The van der Waals surface area contributed by atoms with E-state index in [9.17, 15) is 0 Å². The highest BCUT2D eigenvalue weighted by atomic mass is 16.5. The number of rotatable bonds is 3. The van der Waals surface area contributed by atoms with Gasteiger partial charge in [-0.2, -0.15) is 0 Å². The Balaban J connectivity index is 2.01. The average molecular weight is 183 g/mol. The lowest BCUT2D eigenvalue weighted by molar-refractivity contribution is -0.128. The minimum atomic E-state index is 0.519. The molecule has 0 aromatic rings. The van der Waals surface area contributed by atoms with Crippen LogP contribution >= 0.6 is 0 Å². The first-order valence-electron chi connectivity index (χ1n) is 5.62. The van der Waals surface area contributed by atoms with E-state index in [1.54, 1.807) is 0 Å². The second-order valence-corrected chi connectivity index (χ2v) is 4.46. The first-order chi connectivity index (χ1) is 6.33. The van der Waals surface area contributed by atoms with E-state index in [1.165, 1.54) is 32.1 Å². The van der Waals surface area contributed by atoms with E-state index in [0.717, 1.165) is 12.6 Å². The molecule has 2 nitrogen and oxygen atoms in total. The van der Waals surface area contributed by atoms with Crippen LogP contribution in [0.1, 0.15) is 39.0 Å². The molecule has 13 heavy (non-hydrogen) atoms. The van der Waals surface area contributed by atoms with Crippen molar-refractivity contribution in [2.75, 3.05) is 13.7 Å². The number of hydrogen-bond acceptors (Lipinski definition) is 2. The van der Waals surface area contributed by atoms with Crippen LogP contribution in [-0.2, 0) is 4.74 Å². The van der Waals surface area contributed by atoms with Gasteiger partial charge in [0.25, 0.3) is 0 Å². The summed E-state index contributed by atoms with van der Waals surface area (Å²) < 4.78 is 5.81. The van der Waals surface area contributed by atoms with Crippen LogP contribution in [0.2, 0.25) is 0 Å². The fraction of sp³-hybridized carbons (Fsp3) is 1.00. The second-order valence-electron chi connectivity index (χ2n) is 4.46. The fourth-order valence-electron chi connectivity index (χ4n) is 3.29. The lowest BCUT2D eigenvalue weighted by Gasteiger charge is -2.54. The Hall–Kier alpha value is -0.0800. The molecule has 2 fully saturated rings. The summed E-state index contributed by atoms with van der Waals surface area (Å²) in [6, 6.07) is 0.728. The van der Waals surface area contributed by atoms with Gasteiger partial charge in [-0.05, 0) is 33.2 Å².